The van der Waals surface area contributed by atoms with Crippen LogP contribution in [0, 0.1) is 26.2 Å². The van der Waals surface area contributed by atoms with Crippen LogP contribution in [0.4, 0.5) is 5.69 Å². The van der Waals surface area contributed by atoms with Crippen LogP contribution in [0.5, 0.6) is 0 Å². The summed E-state index contributed by atoms with van der Waals surface area (Å²) in [6, 6.07) is 3.97. The molecular formula is C10H45Mo6NO18+. The number of aryl methyl sites for hydroxylation is 2. The SMILES string of the molecule is C#Cc1cc(C)c([N+]#[Mo])c(C)c1.O.O.O.O.O.O.O.O.O.O.O.O.O.O.O.O.O.O.[Mo].[Mo].[Mo].[Mo].[Mo]. The van der Waals surface area contributed by atoms with Crippen molar-refractivity contribution in [2.24, 2.45) is 0 Å². The molecule has 0 unspecified atom stereocenters. The summed E-state index contributed by atoms with van der Waals surface area (Å²) in [5, 5.41) is 0. The first-order valence-corrected chi connectivity index (χ1v) is 4.50. The normalized spacial score (nSPS) is 2.97. The molecule has 1 aromatic rings. The van der Waals surface area contributed by atoms with Gasteiger partial charge in [0.25, 0.3) is 0 Å². The monoisotopic (exact) mass is 1050 g/mol. The van der Waals surface area contributed by atoms with Gasteiger partial charge in [0.1, 0.15) is 0 Å². The minimum Gasteiger partial charge on any atom is -0.412 e. The summed E-state index contributed by atoms with van der Waals surface area (Å²) in [6.07, 6.45) is 5.30. The molecule has 0 saturated carbocycles. The molecule has 36 N–H and O–H groups in total. The van der Waals surface area contributed by atoms with Crippen LogP contribution in [-0.2, 0) is 125 Å². The second-order valence-corrected chi connectivity index (χ2v) is 3.14. The van der Waals surface area contributed by atoms with Gasteiger partial charge in [-0.15, -0.1) is 0 Å². The van der Waals surface area contributed by atoms with Crippen molar-refractivity contribution in [1.29, 1.82) is 0 Å². The van der Waals surface area contributed by atoms with E-state index in [1.54, 1.807) is 19.4 Å². The van der Waals surface area contributed by atoms with Crippen LogP contribution >= 0.6 is 0 Å². The molecule has 0 aliphatic carbocycles. The minimum absolute atomic E-state index is 0. The second kappa shape index (κ2) is 136. The molecule has 0 aromatic heterocycles. The third kappa shape index (κ3) is 86.0. The Morgan fingerprint density at radius 1 is 0.514 bits per heavy atom. The first kappa shape index (κ1) is 246. The molecule has 0 fully saturated rings. The molecule has 0 heterocycles. The van der Waals surface area contributed by atoms with E-state index in [9.17, 15) is 0 Å². The van der Waals surface area contributed by atoms with Crippen molar-refractivity contribution in [3.05, 3.63) is 32.1 Å². The summed E-state index contributed by atoms with van der Waals surface area (Å²) >= 11 is 1.73. The van der Waals surface area contributed by atoms with E-state index in [4.69, 9.17) is 6.42 Å². The first-order valence-electron chi connectivity index (χ1n) is 3.60. The van der Waals surface area contributed by atoms with Gasteiger partial charge in [0.05, 0.1) is 0 Å². The summed E-state index contributed by atoms with van der Waals surface area (Å²) in [6.45, 7) is 4.05. The summed E-state index contributed by atoms with van der Waals surface area (Å²) < 4.78 is 4.19. The van der Waals surface area contributed by atoms with Gasteiger partial charge in [-0.25, -0.2) is 0 Å². The molecule has 19 nitrogen and oxygen atoms in total. The molecule has 0 spiro atoms. The number of hydrogen-bond acceptors (Lipinski definition) is 0. The Kier molecular flexibility index (Phi) is 960. The van der Waals surface area contributed by atoms with Crippen molar-refractivity contribution < 1.29 is 223 Å². The van der Waals surface area contributed by atoms with Crippen molar-refractivity contribution in [3.8, 4) is 12.3 Å². The topological polar surface area (TPSA) is 571 Å². The fraction of sp³-hybridized carbons (Fsp3) is 0.200. The Balaban J connectivity index is -0.00000000298. The van der Waals surface area contributed by atoms with Gasteiger partial charge >= 0.3 is 83.5 Å². The van der Waals surface area contributed by atoms with E-state index in [0.717, 1.165) is 22.4 Å². The average molecular weight is 1040 g/mol. The molecule has 0 aliphatic rings. The van der Waals surface area contributed by atoms with Crippen LogP contribution < -0.4 is 0 Å². The maximum absolute atomic E-state index is 5.30. The zero-order valence-corrected chi connectivity index (χ0v) is 30.2. The van der Waals surface area contributed by atoms with Crippen LogP contribution in [-0.4, -0.2) is 98.6 Å². The zero-order valence-electron chi connectivity index (χ0n) is 18.1. The fourth-order valence-corrected chi connectivity index (χ4v) is 1.89. The number of rotatable bonds is 0. The summed E-state index contributed by atoms with van der Waals surface area (Å²) in [4.78, 5) is 0. The minimum atomic E-state index is 0. The molecule has 0 bridgehead atoms. The smallest absolute Gasteiger partial charge is 0 e. The van der Waals surface area contributed by atoms with E-state index in [1.807, 2.05) is 26.0 Å². The van der Waals surface area contributed by atoms with Crippen molar-refractivity contribution in [3.63, 3.8) is 0 Å². The molecule has 0 atom stereocenters. The van der Waals surface area contributed by atoms with Gasteiger partial charge in [-0.2, -0.15) is 0 Å². The van der Waals surface area contributed by atoms with Gasteiger partial charge in [-0.3, -0.25) is 0 Å². The van der Waals surface area contributed by atoms with Crippen molar-refractivity contribution >= 4 is 5.69 Å². The molecule has 1 rings (SSSR count). The third-order valence-electron chi connectivity index (χ3n) is 1.75. The van der Waals surface area contributed by atoms with Gasteiger partial charge in [-0.05, 0) is 0 Å². The van der Waals surface area contributed by atoms with Crippen molar-refractivity contribution in [1.82, 2.24) is 0 Å². The number of nitrogens with zero attached hydrogens (tertiary/aromatic N) is 1. The molecule has 233 valence electrons. The largest absolute Gasteiger partial charge is 0.412 e. The number of hydrogen-bond donors (Lipinski definition) is 0. The molecule has 25 heteroatoms. The maximum atomic E-state index is 5.30. The van der Waals surface area contributed by atoms with Gasteiger partial charge in [-0.1, -0.05) is 0 Å². The Morgan fingerprint density at radius 2 is 0.686 bits per heavy atom. The summed E-state index contributed by atoms with van der Waals surface area (Å²) in [5.74, 6) is 2.62. The third-order valence-corrected chi connectivity index (χ3v) is 2.20. The van der Waals surface area contributed by atoms with Gasteiger partial charge in [0, 0.05) is 105 Å². The predicted octanol–water partition coefficient (Wildman–Crippen LogP) is -12.1. The van der Waals surface area contributed by atoms with Crippen LogP contribution in [0.15, 0.2) is 12.1 Å². The van der Waals surface area contributed by atoms with E-state index in [1.165, 1.54) is 0 Å². The Labute approximate surface area is 284 Å². The van der Waals surface area contributed by atoms with Crippen LogP contribution in [0.1, 0.15) is 16.7 Å². The van der Waals surface area contributed by atoms with E-state index in [2.05, 4.69) is 9.23 Å². The standard InChI is InChI=1S/C10H9N.6Mo.18H2O/c1-4-9-5-7(2)10(11)8(3)6-9;;;;;;;;;;;;;;;;;;;;;;;;/h1,5-6H,2-3H3;;;;;;;18*1H2/q+1;;;;;;;;;;;;;;;;;;;;;;;;. The number of terminal acetylenes is 1. The quantitative estimate of drug-likeness (QED) is 0.173. The Morgan fingerprint density at radius 3 is 0.800 bits per heavy atom. The number of benzene rings is 1. The zero-order chi connectivity index (χ0) is 9.14. The molecule has 0 amide bonds. The van der Waals surface area contributed by atoms with E-state index in [-0.39, 0.29) is 204 Å². The van der Waals surface area contributed by atoms with Gasteiger partial charge in [0.15, 0.2) is 0 Å². The molecule has 0 aliphatic heterocycles. The van der Waals surface area contributed by atoms with Gasteiger partial charge < -0.3 is 98.6 Å². The van der Waals surface area contributed by atoms with Crippen LogP contribution in [0.25, 0.3) is 3.31 Å². The van der Waals surface area contributed by atoms with Crippen molar-refractivity contribution in [2.75, 3.05) is 0 Å². The average Bonchev–Trinajstić information content (AvgIpc) is 2.03. The van der Waals surface area contributed by atoms with Crippen LogP contribution in [0.3, 0.4) is 0 Å². The predicted molar refractivity (Wildman–Crippen MR) is 112 cm³/mol. The maximum Gasteiger partial charge on any atom is 0 e. The second-order valence-electron chi connectivity index (χ2n) is 2.69. The molecule has 35 heavy (non-hydrogen) atoms. The Hall–Kier alpha value is 1.90. The summed E-state index contributed by atoms with van der Waals surface area (Å²) in [5.41, 5.74) is 4.28. The van der Waals surface area contributed by atoms with E-state index >= 15 is 0 Å². The molecule has 1 aromatic carbocycles. The van der Waals surface area contributed by atoms with E-state index in [0.29, 0.717) is 0 Å². The van der Waals surface area contributed by atoms with Crippen molar-refractivity contribution in [2.45, 2.75) is 13.8 Å². The summed E-state index contributed by atoms with van der Waals surface area (Å²) in [7, 11) is 0. The van der Waals surface area contributed by atoms with Gasteiger partial charge in [0.2, 0.25) is 0 Å². The first-order chi connectivity index (χ1) is 5.69. The Bertz CT molecular complexity index is 416. The molecule has 0 radical (unpaired) electrons. The van der Waals surface area contributed by atoms with Crippen LogP contribution in [0.2, 0.25) is 0 Å². The fourth-order valence-electron chi connectivity index (χ4n) is 1.18. The van der Waals surface area contributed by atoms with E-state index < -0.39 is 0 Å². The molecular weight excluding hydrogens is 998 g/mol. The molecule has 0 saturated heterocycles.